The summed E-state index contributed by atoms with van der Waals surface area (Å²) in [6, 6.07) is 5.81. The van der Waals surface area contributed by atoms with E-state index in [1.807, 2.05) is 25.1 Å². The highest BCUT2D eigenvalue weighted by molar-refractivity contribution is 9.10. The van der Waals surface area contributed by atoms with E-state index in [1.165, 1.54) is 0 Å². The molecule has 4 heteroatoms. The Hall–Kier alpha value is -1.29. The lowest BCUT2D eigenvalue weighted by Crippen LogP contribution is -2.04. The first kappa shape index (κ1) is 10.2. The summed E-state index contributed by atoms with van der Waals surface area (Å²) in [4.78, 5) is 11.1. The molecule has 0 radical (unpaired) electrons. The Balaban J connectivity index is 2.98. The van der Waals surface area contributed by atoms with Gasteiger partial charge in [-0.2, -0.15) is 0 Å². The van der Waals surface area contributed by atoms with Crippen molar-refractivity contribution in [2.24, 2.45) is 7.05 Å². The molecule has 0 bridgehead atoms. The van der Waals surface area contributed by atoms with Gasteiger partial charge >= 0.3 is 5.97 Å². The first-order valence-corrected chi connectivity index (χ1v) is 5.30. The van der Waals surface area contributed by atoms with Crippen LogP contribution in [0.2, 0.25) is 0 Å². The van der Waals surface area contributed by atoms with E-state index in [2.05, 4.69) is 15.9 Å². The van der Waals surface area contributed by atoms with E-state index in [0.717, 1.165) is 16.5 Å². The zero-order chi connectivity index (χ0) is 11.2. The molecule has 0 aliphatic rings. The number of aromatic carboxylic acids is 1. The summed E-state index contributed by atoms with van der Waals surface area (Å²) >= 11 is 3.35. The number of aromatic nitrogens is 1. The minimum absolute atomic E-state index is 0.291. The Bertz CT molecular complexity index is 557. The highest BCUT2D eigenvalue weighted by atomic mass is 79.9. The lowest BCUT2D eigenvalue weighted by Gasteiger charge is -1.99. The van der Waals surface area contributed by atoms with Crippen LogP contribution in [0.5, 0.6) is 0 Å². The molecule has 3 nitrogen and oxygen atoms in total. The van der Waals surface area contributed by atoms with Crippen LogP contribution in [-0.2, 0) is 7.05 Å². The zero-order valence-electron chi connectivity index (χ0n) is 8.41. The van der Waals surface area contributed by atoms with Crippen LogP contribution < -0.4 is 0 Å². The van der Waals surface area contributed by atoms with Crippen LogP contribution >= 0.6 is 15.9 Å². The van der Waals surface area contributed by atoms with Gasteiger partial charge in [-0.3, -0.25) is 0 Å². The number of hydrogen-bond donors (Lipinski definition) is 1. The van der Waals surface area contributed by atoms with Gasteiger partial charge in [0, 0.05) is 18.0 Å². The second-order valence-corrected chi connectivity index (χ2v) is 4.29. The number of rotatable bonds is 1. The van der Waals surface area contributed by atoms with Crippen molar-refractivity contribution in [3.05, 3.63) is 33.9 Å². The van der Waals surface area contributed by atoms with Crippen molar-refractivity contribution in [1.82, 2.24) is 4.57 Å². The van der Waals surface area contributed by atoms with Crippen LogP contribution in [0.4, 0.5) is 0 Å². The Labute approximate surface area is 95.5 Å². The van der Waals surface area contributed by atoms with E-state index in [4.69, 9.17) is 5.11 Å². The van der Waals surface area contributed by atoms with Crippen LogP contribution in [-0.4, -0.2) is 15.6 Å². The molecule has 1 aromatic heterocycles. The van der Waals surface area contributed by atoms with Crippen molar-refractivity contribution >= 4 is 32.8 Å². The monoisotopic (exact) mass is 267 g/mol. The topological polar surface area (TPSA) is 42.2 Å². The molecular formula is C11H10BrNO2. The van der Waals surface area contributed by atoms with Crippen molar-refractivity contribution in [1.29, 1.82) is 0 Å². The maximum absolute atomic E-state index is 11.1. The fourth-order valence-corrected chi connectivity index (χ4v) is 2.79. The number of halogens is 1. The van der Waals surface area contributed by atoms with Crippen molar-refractivity contribution in [2.75, 3.05) is 0 Å². The van der Waals surface area contributed by atoms with E-state index in [-0.39, 0.29) is 0 Å². The van der Waals surface area contributed by atoms with Gasteiger partial charge in [-0.05, 0) is 34.5 Å². The summed E-state index contributed by atoms with van der Waals surface area (Å²) in [5, 5.41) is 10.1. The minimum atomic E-state index is -0.917. The van der Waals surface area contributed by atoms with Crippen LogP contribution in [0.25, 0.3) is 10.9 Å². The zero-order valence-corrected chi connectivity index (χ0v) is 10.00. The molecule has 0 spiro atoms. The molecule has 0 saturated carbocycles. The second kappa shape index (κ2) is 3.38. The molecule has 0 saturated heterocycles. The fourth-order valence-electron chi connectivity index (χ4n) is 1.84. The molecule has 0 fully saturated rings. The van der Waals surface area contributed by atoms with Crippen molar-refractivity contribution in [2.45, 2.75) is 6.92 Å². The number of carboxylic acids is 1. The first-order valence-electron chi connectivity index (χ1n) is 4.51. The smallest absolute Gasteiger partial charge is 0.353 e. The van der Waals surface area contributed by atoms with Gasteiger partial charge in [-0.15, -0.1) is 0 Å². The van der Waals surface area contributed by atoms with Gasteiger partial charge in [0.15, 0.2) is 0 Å². The summed E-state index contributed by atoms with van der Waals surface area (Å²) in [5.74, 6) is -0.917. The van der Waals surface area contributed by atoms with E-state index >= 15 is 0 Å². The molecule has 0 amide bonds. The number of carbonyl (C=O) groups is 1. The highest BCUT2D eigenvalue weighted by Crippen LogP contribution is 2.32. The molecule has 1 heterocycles. The predicted octanol–water partition coefficient (Wildman–Crippen LogP) is 2.95. The quantitative estimate of drug-likeness (QED) is 0.863. The number of benzene rings is 1. The average molecular weight is 268 g/mol. The van der Waals surface area contributed by atoms with Gasteiger partial charge in [0.2, 0.25) is 0 Å². The van der Waals surface area contributed by atoms with Crippen LogP contribution in [0.3, 0.4) is 0 Å². The van der Waals surface area contributed by atoms with E-state index < -0.39 is 5.97 Å². The Morgan fingerprint density at radius 2 is 2.13 bits per heavy atom. The van der Waals surface area contributed by atoms with Gasteiger partial charge in [-0.25, -0.2) is 4.79 Å². The van der Waals surface area contributed by atoms with Crippen LogP contribution in [0.1, 0.15) is 16.1 Å². The van der Waals surface area contributed by atoms with Crippen molar-refractivity contribution < 1.29 is 9.90 Å². The Morgan fingerprint density at radius 3 is 2.67 bits per heavy atom. The molecule has 2 aromatic rings. The third kappa shape index (κ3) is 1.36. The third-order valence-corrected chi connectivity index (χ3v) is 3.35. The summed E-state index contributed by atoms with van der Waals surface area (Å²) < 4.78 is 2.35. The summed E-state index contributed by atoms with van der Waals surface area (Å²) in [6.45, 7) is 1.97. The number of hydrogen-bond acceptors (Lipinski definition) is 1. The predicted molar refractivity (Wildman–Crippen MR) is 62.3 cm³/mol. The number of fused-ring (bicyclic) bond motifs is 1. The standard InChI is InChI=1S/C11H10BrNO2/c1-6-4-3-5-7-8(6)9(12)10(11(14)15)13(7)2/h3-5H,1-2H3,(H,14,15). The number of carboxylic acid groups (broad SMARTS) is 1. The van der Waals surface area contributed by atoms with Crippen molar-refractivity contribution in [3.63, 3.8) is 0 Å². The Kier molecular flexibility index (Phi) is 2.31. The lowest BCUT2D eigenvalue weighted by molar-refractivity contribution is 0.0686. The molecule has 15 heavy (non-hydrogen) atoms. The molecule has 0 unspecified atom stereocenters. The lowest BCUT2D eigenvalue weighted by atomic mass is 10.1. The van der Waals surface area contributed by atoms with Crippen LogP contribution in [0.15, 0.2) is 22.7 Å². The summed E-state index contributed by atoms with van der Waals surface area (Å²) in [7, 11) is 1.76. The number of nitrogens with zero attached hydrogens (tertiary/aromatic N) is 1. The van der Waals surface area contributed by atoms with Crippen molar-refractivity contribution in [3.8, 4) is 0 Å². The second-order valence-electron chi connectivity index (χ2n) is 3.50. The molecule has 2 rings (SSSR count). The van der Waals surface area contributed by atoms with E-state index in [0.29, 0.717) is 10.2 Å². The van der Waals surface area contributed by atoms with E-state index in [9.17, 15) is 4.79 Å². The maximum Gasteiger partial charge on any atom is 0.353 e. The SMILES string of the molecule is Cc1cccc2c1c(Br)c(C(=O)O)n2C. The fraction of sp³-hybridized carbons (Fsp3) is 0.182. The summed E-state index contributed by atoms with van der Waals surface area (Å²) in [5.41, 5.74) is 2.29. The average Bonchev–Trinajstić information content (AvgIpc) is 2.40. The van der Waals surface area contributed by atoms with Gasteiger partial charge in [0.25, 0.3) is 0 Å². The third-order valence-electron chi connectivity index (χ3n) is 2.58. The summed E-state index contributed by atoms with van der Waals surface area (Å²) in [6.07, 6.45) is 0. The largest absolute Gasteiger partial charge is 0.477 e. The molecule has 0 aliphatic heterocycles. The molecule has 0 aliphatic carbocycles. The number of aryl methyl sites for hydroxylation is 2. The van der Waals surface area contributed by atoms with Gasteiger partial charge < -0.3 is 9.67 Å². The maximum atomic E-state index is 11.1. The van der Waals surface area contributed by atoms with Gasteiger partial charge in [0.05, 0.1) is 4.47 Å². The van der Waals surface area contributed by atoms with Gasteiger partial charge in [-0.1, -0.05) is 12.1 Å². The molecule has 78 valence electrons. The Morgan fingerprint density at radius 1 is 1.47 bits per heavy atom. The normalized spacial score (nSPS) is 10.9. The van der Waals surface area contributed by atoms with Crippen LogP contribution in [0, 0.1) is 6.92 Å². The molecule has 0 atom stereocenters. The molecular weight excluding hydrogens is 258 g/mol. The minimum Gasteiger partial charge on any atom is -0.477 e. The highest BCUT2D eigenvalue weighted by Gasteiger charge is 2.19. The molecule has 1 N–H and O–H groups in total. The van der Waals surface area contributed by atoms with E-state index in [1.54, 1.807) is 11.6 Å². The molecule has 1 aromatic carbocycles. The first-order chi connectivity index (χ1) is 7.04. The van der Waals surface area contributed by atoms with Gasteiger partial charge in [0.1, 0.15) is 5.69 Å².